The smallest absolute Gasteiger partial charge is 0.278 e. The van der Waals surface area contributed by atoms with Crippen molar-refractivity contribution in [3.63, 3.8) is 0 Å². The van der Waals surface area contributed by atoms with Gasteiger partial charge in [0.15, 0.2) is 5.69 Å². The van der Waals surface area contributed by atoms with E-state index in [1.165, 1.54) is 19.0 Å². The quantitative estimate of drug-likeness (QED) is 0.802. The summed E-state index contributed by atoms with van der Waals surface area (Å²) < 4.78 is 0. The number of anilines is 2. The number of aromatic nitrogens is 4. The molecule has 1 aliphatic rings. The minimum atomic E-state index is -0.399. The van der Waals surface area contributed by atoms with Gasteiger partial charge in [-0.3, -0.25) is 10.1 Å². The Morgan fingerprint density at radius 2 is 2.21 bits per heavy atom. The van der Waals surface area contributed by atoms with Gasteiger partial charge in [0.2, 0.25) is 11.9 Å². The fraction of sp³-hybridized carbons (Fsp3) is 0.500. The van der Waals surface area contributed by atoms with Crippen LogP contribution in [0.15, 0.2) is 12.4 Å². The Labute approximate surface area is 145 Å². The van der Waals surface area contributed by atoms with Crippen molar-refractivity contribution in [2.45, 2.75) is 38.5 Å². The summed E-state index contributed by atoms with van der Waals surface area (Å²) in [5.74, 6) is 1.04. The molecule has 0 aromatic carbocycles. The van der Waals surface area contributed by atoms with Crippen LogP contribution in [0.4, 0.5) is 11.9 Å². The van der Waals surface area contributed by atoms with Crippen LogP contribution in [-0.4, -0.2) is 39.4 Å². The highest BCUT2D eigenvalue weighted by atomic mass is 35.5. The molecule has 8 heteroatoms. The van der Waals surface area contributed by atoms with Crippen LogP contribution in [0.25, 0.3) is 0 Å². The number of nitrogens with one attached hydrogen (secondary N) is 2. The Balaban J connectivity index is 1.72. The normalized spacial score (nSPS) is 13.8. The number of carbonyl (C=O) groups excluding carboxylic acids is 1. The van der Waals surface area contributed by atoms with Crippen LogP contribution in [0.3, 0.4) is 0 Å². The largest absolute Gasteiger partial charge is 0.344 e. The minimum Gasteiger partial charge on any atom is -0.344 e. The van der Waals surface area contributed by atoms with E-state index in [-0.39, 0.29) is 10.7 Å². The molecule has 0 unspecified atom stereocenters. The van der Waals surface area contributed by atoms with Gasteiger partial charge >= 0.3 is 0 Å². The average molecular weight is 349 g/mol. The number of halogens is 1. The standard InChI is InChI=1S/C16H21ClN6O/c1-3-4-7-23(2)16-19-8-11(17)13(21-16)14(24)22-15-18-9-12(20-15)10-5-6-10/h8-10H,3-7H2,1-2H3,(H2,18,20,22,24). The van der Waals surface area contributed by atoms with E-state index >= 15 is 0 Å². The lowest BCUT2D eigenvalue weighted by Gasteiger charge is -2.17. The first-order valence-electron chi connectivity index (χ1n) is 8.18. The zero-order valence-electron chi connectivity index (χ0n) is 13.8. The first-order chi connectivity index (χ1) is 11.6. The summed E-state index contributed by atoms with van der Waals surface area (Å²) in [6.07, 6.45) is 7.66. The first kappa shape index (κ1) is 16.7. The molecule has 1 fully saturated rings. The Hall–Kier alpha value is -2.15. The van der Waals surface area contributed by atoms with Gasteiger partial charge in [0.05, 0.1) is 17.4 Å². The van der Waals surface area contributed by atoms with E-state index in [9.17, 15) is 4.79 Å². The Kier molecular flexibility index (Phi) is 4.99. The molecule has 0 atom stereocenters. The van der Waals surface area contributed by atoms with Crippen molar-refractivity contribution in [3.05, 3.63) is 28.8 Å². The second kappa shape index (κ2) is 7.17. The second-order valence-electron chi connectivity index (χ2n) is 6.06. The van der Waals surface area contributed by atoms with Gasteiger partial charge in [0, 0.05) is 25.2 Å². The van der Waals surface area contributed by atoms with Gasteiger partial charge in [0.25, 0.3) is 5.91 Å². The molecule has 24 heavy (non-hydrogen) atoms. The molecule has 1 aliphatic carbocycles. The number of hydrogen-bond acceptors (Lipinski definition) is 5. The number of carbonyl (C=O) groups is 1. The number of H-pyrrole nitrogens is 1. The first-order valence-corrected chi connectivity index (χ1v) is 8.56. The Morgan fingerprint density at radius 1 is 1.42 bits per heavy atom. The van der Waals surface area contributed by atoms with E-state index in [4.69, 9.17) is 11.6 Å². The summed E-state index contributed by atoms with van der Waals surface area (Å²) in [6.45, 7) is 2.94. The number of nitrogens with zero attached hydrogens (tertiary/aromatic N) is 4. The van der Waals surface area contributed by atoms with E-state index in [1.807, 2.05) is 11.9 Å². The number of unbranched alkanes of at least 4 members (excludes halogenated alkanes) is 1. The maximum absolute atomic E-state index is 12.5. The number of imidazole rings is 1. The third-order valence-electron chi connectivity index (χ3n) is 3.98. The zero-order valence-corrected chi connectivity index (χ0v) is 14.6. The van der Waals surface area contributed by atoms with Gasteiger partial charge in [-0.05, 0) is 19.3 Å². The van der Waals surface area contributed by atoms with Crippen molar-refractivity contribution in [1.29, 1.82) is 0 Å². The van der Waals surface area contributed by atoms with Gasteiger partial charge in [-0.25, -0.2) is 15.0 Å². The van der Waals surface area contributed by atoms with Crippen molar-refractivity contribution in [2.75, 3.05) is 23.8 Å². The lowest BCUT2D eigenvalue weighted by atomic mass is 10.3. The van der Waals surface area contributed by atoms with E-state index in [0.717, 1.165) is 25.1 Å². The van der Waals surface area contributed by atoms with E-state index in [2.05, 4.69) is 32.2 Å². The highest BCUT2D eigenvalue weighted by molar-refractivity contribution is 6.33. The SMILES string of the molecule is CCCCN(C)c1ncc(Cl)c(C(=O)Nc2ncc(C3CC3)[nH]2)n1. The predicted octanol–water partition coefficient (Wildman–Crippen LogP) is 3.22. The third kappa shape index (κ3) is 3.84. The lowest BCUT2D eigenvalue weighted by molar-refractivity contribution is 0.102. The summed E-state index contributed by atoms with van der Waals surface area (Å²) in [4.78, 5) is 30.2. The summed E-state index contributed by atoms with van der Waals surface area (Å²) in [5.41, 5.74) is 1.20. The molecule has 0 bridgehead atoms. The molecular weight excluding hydrogens is 328 g/mol. The van der Waals surface area contributed by atoms with Gasteiger partial charge < -0.3 is 9.88 Å². The summed E-state index contributed by atoms with van der Waals surface area (Å²) >= 11 is 6.10. The molecule has 2 aromatic heterocycles. The number of amides is 1. The van der Waals surface area contributed by atoms with Crippen molar-refractivity contribution in [1.82, 2.24) is 19.9 Å². The van der Waals surface area contributed by atoms with Crippen LogP contribution < -0.4 is 10.2 Å². The number of aromatic amines is 1. The molecule has 0 radical (unpaired) electrons. The molecule has 7 nitrogen and oxygen atoms in total. The second-order valence-corrected chi connectivity index (χ2v) is 6.46. The summed E-state index contributed by atoms with van der Waals surface area (Å²) in [6, 6.07) is 0. The van der Waals surface area contributed by atoms with Gasteiger partial charge in [-0.15, -0.1) is 0 Å². The van der Waals surface area contributed by atoms with Crippen LogP contribution in [0, 0.1) is 0 Å². The maximum atomic E-state index is 12.5. The molecule has 3 rings (SSSR count). The molecule has 0 spiro atoms. The van der Waals surface area contributed by atoms with Gasteiger partial charge in [-0.1, -0.05) is 24.9 Å². The van der Waals surface area contributed by atoms with Crippen LogP contribution in [0.5, 0.6) is 0 Å². The highest BCUT2D eigenvalue weighted by Crippen LogP contribution is 2.39. The molecule has 2 heterocycles. The molecule has 1 saturated carbocycles. The molecular formula is C16H21ClN6O. The summed E-state index contributed by atoms with van der Waals surface area (Å²) in [7, 11) is 1.90. The van der Waals surface area contributed by atoms with Crippen molar-refractivity contribution in [3.8, 4) is 0 Å². The van der Waals surface area contributed by atoms with Crippen LogP contribution in [0.1, 0.15) is 54.7 Å². The average Bonchev–Trinajstić information content (AvgIpc) is 3.33. The molecule has 1 amide bonds. The molecule has 2 aromatic rings. The van der Waals surface area contributed by atoms with Gasteiger partial charge in [0.1, 0.15) is 0 Å². The summed E-state index contributed by atoms with van der Waals surface area (Å²) in [5, 5.41) is 2.93. The minimum absolute atomic E-state index is 0.148. The lowest BCUT2D eigenvalue weighted by Crippen LogP contribution is -2.23. The van der Waals surface area contributed by atoms with Crippen molar-refractivity contribution in [2.24, 2.45) is 0 Å². The van der Waals surface area contributed by atoms with E-state index in [1.54, 1.807) is 6.20 Å². The predicted molar refractivity (Wildman–Crippen MR) is 93.7 cm³/mol. The Bertz CT molecular complexity index is 727. The topological polar surface area (TPSA) is 86.8 Å². The van der Waals surface area contributed by atoms with Gasteiger partial charge in [-0.2, -0.15) is 0 Å². The Morgan fingerprint density at radius 3 is 2.92 bits per heavy atom. The fourth-order valence-corrected chi connectivity index (χ4v) is 2.54. The maximum Gasteiger partial charge on any atom is 0.278 e. The molecule has 0 aliphatic heterocycles. The molecule has 128 valence electrons. The highest BCUT2D eigenvalue weighted by Gasteiger charge is 2.26. The fourth-order valence-electron chi connectivity index (χ4n) is 2.36. The monoisotopic (exact) mass is 348 g/mol. The van der Waals surface area contributed by atoms with Crippen LogP contribution in [0.2, 0.25) is 5.02 Å². The van der Waals surface area contributed by atoms with E-state index in [0.29, 0.717) is 17.8 Å². The number of hydrogen-bond donors (Lipinski definition) is 2. The van der Waals surface area contributed by atoms with Crippen LogP contribution in [-0.2, 0) is 0 Å². The van der Waals surface area contributed by atoms with Crippen molar-refractivity contribution >= 4 is 29.4 Å². The van der Waals surface area contributed by atoms with E-state index < -0.39 is 5.91 Å². The molecule has 0 saturated heterocycles. The number of rotatable bonds is 7. The third-order valence-corrected chi connectivity index (χ3v) is 4.26. The van der Waals surface area contributed by atoms with Crippen LogP contribution >= 0.6 is 11.6 Å². The molecule has 2 N–H and O–H groups in total. The zero-order chi connectivity index (χ0) is 17.1. The van der Waals surface area contributed by atoms with Crippen molar-refractivity contribution < 1.29 is 4.79 Å².